The lowest BCUT2D eigenvalue weighted by Gasteiger charge is -2.43. The number of amides is 1. The van der Waals surface area contributed by atoms with E-state index in [-0.39, 0.29) is 42.7 Å². The van der Waals surface area contributed by atoms with Crippen molar-refractivity contribution in [2.75, 3.05) is 25.7 Å². The molecule has 1 N–H and O–H groups in total. The number of ketones is 1. The van der Waals surface area contributed by atoms with Crippen LogP contribution >= 0.6 is 0 Å². The molecule has 0 aromatic carbocycles. The van der Waals surface area contributed by atoms with Crippen LogP contribution in [0.25, 0.3) is 0 Å². The Morgan fingerprint density at radius 1 is 1.10 bits per heavy atom. The molecule has 29 heavy (non-hydrogen) atoms. The normalized spacial score (nSPS) is 29.1. The molecule has 7 heteroatoms. The molecule has 0 unspecified atom stereocenters. The molecule has 0 aromatic rings. The van der Waals surface area contributed by atoms with Crippen molar-refractivity contribution in [2.24, 2.45) is 11.8 Å². The number of Topliss-reactive ketones (excluding diaryl/α,β-unsaturated/α-hetero) is 1. The van der Waals surface area contributed by atoms with Gasteiger partial charge in [-0.1, -0.05) is 24.0 Å². The molecule has 170 valence electrons. The molecular weight excluding hydrogens is 388 g/mol. The Morgan fingerprint density at radius 3 is 2.31 bits per heavy atom. The number of carbonyl (C=O) groups excluding carboxylic acids is 2. The number of hydrogen-bond acceptors (Lipinski definition) is 4. The van der Waals surface area contributed by atoms with Gasteiger partial charge in [0, 0.05) is 37.9 Å². The predicted octanol–water partition coefficient (Wildman–Crippen LogP) is 2.73. The van der Waals surface area contributed by atoms with Gasteiger partial charge in [-0.15, -0.1) is 0 Å². The number of thiol groups is 1. The predicted molar refractivity (Wildman–Crippen MR) is 119 cm³/mol. The van der Waals surface area contributed by atoms with Crippen LogP contribution < -0.4 is 4.72 Å². The molecule has 1 saturated carbocycles. The molecular formula is C22H42N2O4S. The zero-order valence-corrected chi connectivity index (χ0v) is 19.9. The van der Waals surface area contributed by atoms with Gasteiger partial charge >= 0.3 is 0 Å². The van der Waals surface area contributed by atoms with Crippen molar-refractivity contribution in [3.05, 3.63) is 0 Å². The van der Waals surface area contributed by atoms with Crippen LogP contribution in [0.3, 0.4) is 0 Å². The third kappa shape index (κ3) is 8.10. The van der Waals surface area contributed by atoms with Crippen LogP contribution in [0.4, 0.5) is 0 Å². The SMILES string of the molecule is CC(=O)CCC(=O)N1CCC[C@H](N[SH](C)(C)=O)[C@@H]1CO[C@H]1CC[C@@H](C(C)C)CC1. The molecule has 2 atom stereocenters. The monoisotopic (exact) mass is 430 g/mol. The van der Waals surface area contributed by atoms with Crippen LogP contribution in [0.5, 0.6) is 0 Å². The first kappa shape index (κ1) is 24.5. The van der Waals surface area contributed by atoms with Gasteiger partial charge in [-0.25, -0.2) is 0 Å². The van der Waals surface area contributed by atoms with Crippen LogP contribution in [-0.2, 0) is 24.4 Å². The van der Waals surface area contributed by atoms with E-state index in [0.29, 0.717) is 13.2 Å². The number of hydrogen-bond donors (Lipinski definition) is 2. The topological polar surface area (TPSA) is 75.7 Å². The third-order valence-corrected chi connectivity index (χ3v) is 7.38. The summed E-state index contributed by atoms with van der Waals surface area (Å²) in [5.41, 5.74) is 0. The van der Waals surface area contributed by atoms with E-state index in [2.05, 4.69) is 18.6 Å². The van der Waals surface area contributed by atoms with Gasteiger partial charge in [0.05, 0.1) is 18.8 Å². The molecule has 2 rings (SSSR count). The largest absolute Gasteiger partial charge is 0.376 e. The lowest BCUT2D eigenvalue weighted by molar-refractivity contribution is -0.139. The number of nitrogens with one attached hydrogen (secondary N) is 1. The zero-order valence-electron chi connectivity index (χ0n) is 19.0. The molecule has 0 aromatic heterocycles. The first-order valence-electron chi connectivity index (χ1n) is 11.3. The van der Waals surface area contributed by atoms with Crippen LogP contribution in [-0.4, -0.2) is 64.7 Å². The van der Waals surface area contributed by atoms with Crippen LogP contribution in [0.1, 0.15) is 72.1 Å². The fraction of sp³-hybridized carbons (Fsp3) is 0.909. The summed E-state index contributed by atoms with van der Waals surface area (Å²) in [5, 5.41) is 0. The Balaban J connectivity index is 2.01. The summed E-state index contributed by atoms with van der Waals surface area (Å²) in [5.74, 6) is 1.55. The Bertz CT molecular complexity index is 596. The molecule has 2 fully saturated rings. The number of likely N-dealkylation sites (tertiary alicyclic amines) is 1. The van der Waals surface area contributed by atoms with Gasteiger partial charge in [0.1, 0.15) is 5.78 Å². The summed E-state index contributed by atoms with van der Waals surface area (Å²) in [6.45, 7) is 7.26. The Hall–Kier alpha value is -0.790. The second kappa shape index (κ2) is 11.0. The van der Waals surface area contributed by atoms with Gasteiger partial charge in [0.15, 0.2) is 0 Å². The standard InChI is InChI=1S/C22H42N2O4S/c1-16(2)18-9-11-19(12-10-18)28-15-21-20(23-29(4,5)27)7-6-14-24(21)22(26)13-8-17(3)25/h16,18-21,29H,6-15H2,1-5H3,(H,23,27)/t18-,19+,20-,21-/m0/s1. The Labute approximate surface area is 178 Å². The Morgan fingerprint density at radius 2 is 1.76 bits per heavy atom. The minimum atomic E-state index is -2.43. The number of ether oxygens (including phenoxy) is 1. The molecule has 1 aliphatic heterocycles. The van der Waals surface area contributed by atoms with Gasteiger partial charge in [-0.2, -0.15) is 0 Å². The average Bonchev–Trinajstić information content (AvgIpc) is 2.64. The second-order valence-corrected chi connectivity index (χ2v) is 12.7. The summed E-state index contributed by atoms with van der Waals surface area (Å²) in [6, 6.07) is -0.155. The van der Waals surface area contributed by atoms with Gasteiger partial charge in [-0.05, 0) is 57.3 Å². The van der Waals surface area contributed by atoms with E-state index in [9.17, 15) is 13.8 Å². The van der Waals surface area contributed by atoms with E-state index in [1.54, 1.807) is 12.5 Å². The molecule has 0 spiro atoms. The molecule has 2 aliphatic rings. The van der Waals surface area contributed by atoms with Crippen LogP contribution in [0.15, 0.2) is 0 Å². The van der Waals surface area contributed by atoms with E-state index in [0.717, 1.165) is 37.5 Å². The molecule has 0 radical (unpaired) electrons. The van der Waals surface area contributed by atoms with Crippen LogP contribution in [0.2, 0.25) is 0 Å². The van der Waals surface area contributed by atoms with Crippen LogP contribution in [0, 0.1) is 11.8 Å². The fourth-order valence-electron chi connectivity index (χ4n) is 4.71. The summed E-state index contributed by atoms with van der Waals surface area (Å²) in [7, 11) is -2.43. The highest BCUT2D eigenvalue weighted by molar-refractivity contribution is 7.99. The van der Waals surface area contributed by atoms with Gasteiger partial charge in [0.25, 0.3) is 0 Å². The zero-order chi connectivity index (χ0) is 21.6. The quantitative estimate of drug-likeness (QED) is 0.552. The lowest BCUT2D eigenvalue weighted by Crippen LogP contribution is -2.59. The smallest absolute Gasteiger partial charge is 0.223 e. The number of piperidine rings is 1. The second-order valence-electron chi connectivity index (χ2n) is 9.70. The van der Waals surface area contributed by atoms with Crippen molar-refractivity contribution < 1.29 is 18.5 Å². The molecule has 1 heterocycles. The molecule has 1 saturated heterocycles. The minimum Gasteiger partial charge on any atom is -0.376 e. The van der Waals surface area contributed by atoms with E-state index in [4.69, 9.17) is 4.74 Å². The number of nitrogens with zero attached hydrogens (tertiary/aromatic N) is 1. The third-order valence-electron chi connectivity index (χ3n) is 6.43. The maximum absolute atomic E-state index is 12.8. The molecule has 1 aliphatic carbocycles. The van der Waals surface area contributed by atoms with Crippen molar-refractivity contribution >= 4 is 21.8 Å². The Kier molecular flexibility index (Phi) is 9.29. The van der Waals surface area contributed by atoms with Crippen molar-refractivity contribution in [3.63, 3.8) is 0 Å². The minimum absolute atomic E-state index is 0.00542. The summed E-state index contributed by atoms with van der Waals surface area (Å²) in [6.07, 6.45) is 10.5. The van der Waals surface area contributed by atoms with Gasteiger partial charge in [-0.3, -0.25) is 13.7 Å². The van der Waals surface area contributed by atoms with Gasteiger partial charge < -0.3 is 14.4 Å². The highest BCUT2D eigenvalue weighted by Crippen LogP contribution is 2.32. The van der Waals surface area contributed by atoms with Crippen molar-refractivity contribution in [1.82, 2.24) is 9.62 Å². The highest BCUT2D eigenvalue weighted by atomic mass is 32.3. The van der Waals surface area contributed by atoms with E-state index >= 15 is 0 Å². The fourth-order valence-corrected chi connectivity index (χ4v) is 5.81. The maximum Gasteiger partial charge on any atom is 0.223 e. The van der Waals surface area contributed by atoms with Crippen molar-refractivity contribution in [3.8, 4) is 0 Å². The maximum atomic E-state index is 12.8. The number of carbonyl (C=O) groups is 2. The van der Waals surface area contributed by atoms with E-state index in [1.807, 2.05) is 4.90 Å². The molecule has 0 bridgehead atoms. The van der Waals surface area contributed by atoms with E-state index in [1.165, 1.54) is 19.8 Å². The lowest BCUT2D eigenvalue weighted by atomic mass is 9.80. The summed E-state index contributed by atoms with van der Waals surface area (Å²) < 4.78 is 22.0. The van der Waals surface area contributed by atoms with E-state index < -0.39 is 10.1 Å². The summed E-state index contributed by atoms with van der Waals surface area (Å²) >= 11 is 0. The highest BCUT2D eigenvalue weighted by Gasteiger charge is 2.36. The first-order chi connectivity index (χ1) is 13.6. The average molecular weight is 431 g/mol. The number of rotatable bonds is 9. The van der Waals surface area contributed by atoms with Crippen molar-refractivity contribution in [1.29, 1.82) is 0 Å². The summed E-state index contributed by atoms with van der Waals surface area (Å²) in [4.78, 5) is 26.0. The first-order valence-corrected chi connectivity index (χ1v) is 13.9. The van der Waals surface area contributed by atoms with Gasteiger partial charge in [0.2, 0.25) is 5.91 Å². The molecule has 1 amide bonds. The van der Waals surface area contributed by atoms with Crippen molar-refractivity contribution in [2.45, 2.75) is 90.3 Å². The molecule has 6 nitrogen and oxygen atoms in total.